The molecule has 0 bridgehead atoms. The number of rotatable bonds is 4. The summed E-state index contributed by atoms with van der Waals surface area (Å²) >= 11 is 0. The molecule has 1 aliphatic carbocycles. The smallest absolute Gasteiger partial charge is 0.244 e. The van der Waals surface area contributed by atoms with E-state index in [0.717, 1.165) is 31.5 Å². The summed E-state index contributed by atoms with van der Waals surface area (Å²) in [6.45, 7) is 6.86. The van der Waals surface area contributed by atoms with Gasteiger partial charge in [0.2, 0.25) is 10.0 Å². The normalized spacial score (nSPS) is 29.9. The van der Waals surface area contributed by atoms with Crippen molar-refractivity contribution in [1.29, 1.82) is 0 Å². The maximum Gasteiger partial charge on any atom is 0.244 e. The number of sulfonamides is 1. The average Bonchev–Trinajstić information content (AvgIpc) is 3.27. The highest BCUT2D eigenvalue weighted by Gasteiger charge is 2.57. The molecule has 0 amide bonds. The van der Waals surface area contributed by atoms with E-state index in [1.807, 2.05) is 16.4 Å². The monoisotopic (exact) mass is 362 g/mol. The predicted molar refractivity (Wildman–Crippen MR) is 99.9 cm³/mol. The third-order valence-electron chi connectivity index (χ3n) is 6.46. The van der Waals surface area contributed by atoms with Crippen molar-refractivity contribution in [2.24, 2.45) is 5.92 Å². The van der Waals surface area contributed by atoms with Crippen molar-refractivity contribution in [1.82, 2.24) is 9.21 Å². The maximum atomic E-state index is 13.3. The van der Waals surface area contributed by atoms with E-state index in [1.54, 1.807) is 6.07 Å². The molecule has 1 saturated heterocycles. The van der Waals surface area contributed by atoms with E-state index < -0.39 is 10.0 Å². The van der Waals surface area contributed by atoms with Crippen LogP contribution in [0.15, 0.2) is 29.2 Å². The van der Waals surface area contributed by atoms with E-state index in [4.69, 9.17) is 0 Å². The lowest BCUT2D eigenvalue weighted by Crippen LogP contribution is -2.47. The van der Waals surface area contributed by atoms with Crippen molar-refractivity contribution < 1.29 is 8.42 Å². The summed E-state index contributed by atoms with van der Waals surface area (Å²) in [7, 11) is -3.37. The number of nitrogens with zero attached hydrogens (tertiary/aromatic N) is 2. The Morgan fingerprint density at radius 1 is 1.20 bits per heavy atom. The lowest BCUT2D eigenvalue weighted by molar-refractivity contribution is 0.165. The summed E-state index contributed by atoms with van der Waals surface area (Å²) in [5.41, 5.74) is 0.701. The summed E-state index contributed by atoms with van der Waals surface area (Å²) in [5, 5.41) is 0. The molecular weight excluding hydrogens is 332 g/mol. The van der Waals surface area contributed by atoms with E-state index in [0.29, 0.717) is 23.4 Å². The fourth-order valence-corrected chi connectivity index (χ4v) is 7.17. The zero-order chi connectivity index (χ0) is 17.7. The Morgan fingerprint density at radius 3 is 2.64 bits per heavy atom. The summed E-state index contributed by atoms with van der Waals surface area (Å²) < 4.78 is 28.4. The van der Waals surface area contributed by atoms with Gasteiger partial charge < -0.3 is 0 Å². The van der Waals surface area contributed by atoms with Gasteiger partial charge in [-0.2, -0.15) is 4.31 Å². The fraction of sp³-hybridized carbons (Fsp3) is 0.700. The Bertz CT molecular complexity index is 740. The first-order valence-electron chi connectivity index (χ1n) is 9.81. The van der Waals surface area contributed by atoms with Crippen molar-refractivity contribution in [3.63, 3.8) is 0 Å². The highest BCUT2D eigenvalue weighted by molar-refractivity contribution is 7.89. The summed E-state index contributed by atoms with van der Waals surface area (Å²) in [5.74, 6) is 0.503. The standard InChI is InChI=1S/C20H30N2O2S/c1-16(2)11-13-22-20(12-14-21(15-20)17-7-3-4-8-17)18-9-5-6-10-19(18)25(22,23)24/h5-6,9-10,16-17H,3-4,7-8,11-15H2,1-2H3. The van der Waals surface area contributed by atoms with Crippen molar-refractivity contribution in [3.8, 4) is 0 Å². The molecule has 5 heteroatoms. The van der Waals surface area contributed by atoms with Gasteiger partial charge in [0.25, 0.3) is 0 Å². The van der Waals surface area contributed by atoms with Crippen LogP contribution in [0, 0.1) is 5.92 Å². The van der Waals surface area contributed by atoms with Gasteiger partial charge >= 0.3 is 0 Å². The molecule has 1 spiro atoms. The Balaban J connectivity index is 1.72. The number of hydrogen-bond acceptors (Lipinski definition) is 3. The second-order valence-corrected chi connectivity index (χ2v) is 10.3. The zero-order valence-corrected chi connectivity index (χ0v) is 16.3. The predicted octanol–water partition coefficient (Wildman–Crippen LogP) is 3.58. The second kappa shape index (κ2) is 6.36. The lowest BCUT2D eigenvalue weighted by atomic mass is 9.88. The van der Waals surface area contributed by atoms with E-state index in [2.05, 4.69) is 24.8 Å². The van der Waals surface area contributed by atoms with Gasteiger partial charge in [0.05, 0.1) is 10.4 Å². The molecule has 25 heavy (non-hydrogen) atoms. The van der Waals surface area contributed by atoms with Crippen LogP contribution in [0.25, 0.3) is 0 Å². The van der Waals surface area contributed by atoms with E-state index in [1.165, 1.54) is 25.7 Å². The Labute approximate surface area is 152 Å². The molecule has 1 aromatic carbocycles. The second-order valence-electron chi connectivity index (χ2n) is 8.45. The quantitative estimate of drug-likeness (QED) is 0.822. The molecule has 3 aliphatic rings. The molecule has 2 aliphatic heterocycles. The van der Waals surface area contributed by atoms with Crippen molar-refractivity contribution in [3.05, 3.63) is 29.8 Å². The van der Waals surface area contributed by atoms with Gasteiger partial charge in [-0.25, -0.2) is 8.42 Å². The van der Waals surface area contributed by atoms with Crippen LogP contribution in [0.3, 0.4) is 0 Å². The van der Waals surface area contributed by atoms with E-state index in [-0.39, 0.29) is 5.54 Å². The molecule has 4 nitrogen and oxygen atoms in total. The molecule has 1 unspecified atom stereocenters. The first kappa shape index (κ1) is 17.5. The Morgan fingerprint density at radius 2 is 1.92 bits per heavy atom. The number of fused-ring (bicyclic) bond motifs is 2. The molecule has 2 heterocycles. The van der Waals surface area contributed by atoms with Gasteiger partial charge in [0, 0.05) is 25.7 Å². The highest BCUT2D eigenvalue weighted by Crippen LogP contribution is 2.50. The van der Waals surface area contributed by atoms with Gasteiger partial charge in [-0.15, -0.1) is 0 Å². The molecule has 4 rings (SSSR count). The summed E-state index contributed by atoms with van der Waals surface area (Å²) in [4.78, 5) is 3.12. The molecule has 2 fully saturated rings. The van der Waals surface area contributed by atoms with Gasteiger partial charge in [0.1, 0.15) is 0 Å². The minimum absolute atomic E-state index is 0.340. The van der Waals surface area contributed by atoms with Crippen molar-refractivity contribution in [2.45, 2.75) is 68.8 Å². The first-order chi connectivity index (χ1) is 11.9. The minimum atomic E-state index is -3.37. The molecule has 1 saturated carbocycles. The van der Waals surface area contributed by atoms with Crippen LogP contribution in [-0.2, 0) is 15.6 Å². The topological polar surface area (TPSA) is 40.6 Å². The van der Waals surface area contributed by atoms with E-state index in [9.17, 15) is 8.42 Å². The molecule has 1 aromatic rings. The van der Waals surface area contributed by atoms with E-state index >= 15 is 0 Å². The van der Waals surface area contributed by atoms with Crippen LogP contribution in [0.1, 0.15) is 57.9 Å². The minimum Gasteiger partial charge on any atom is -0.298 e. The molecule has 0 aromatic heterocycles. The van der Waals surface area contributed by atoms with Gasteiger partial charge in [0.15, 0.2) is 0 Å². The number of likely N-dealkylation sites (tertiary alicyclic amines) is 1. The zero-order valence-electron chi connectivity index (χ0n) is 15.4. The summed E-state index contributed by atoms with van der Waals surface area (Å²) in [6.07, 6.45) is 7.03. The van der Waals surface area contributed by atoms with Crippen molar-refractivity contribution in [2.75, 3.05) is 19.6 Å². The molecular formula is C20H30N2O2S. The lowest BCUT2D eigenvalue weighted by Gasteiger charge is -2.35. The highest BCUT2D eigenvalue weighted by atomic mass is 32.2. The third-order valence-corrected chi connectivity index (χ3v) is 8.49. The average molecular weight is 363 g/mol. The number of hydrogen-bond donors (Lipinski definition) is 0. The Hall–Kier alpha value is -0.910. The fourth-order valence-electron chi connectivity index (χ4n) is 5.10. The van der Waals surface area contributed by atoms with Crippen LogP contribution >= 0.6 is 0 Å². The summed E-state index contributed by atoms with van der Waals surface area (Å²) in [6, 6.07) is 8.38. The van der Waals surface area contributed by atoms with Crippen LogP contribution in [0.2, 0.25) is 0 Å². The molecule has 1 atom stereocenters. The maximum absolute atomic E-state index is 13.3. The van der Waals surface area contributed by atoms with Gasteiger partial charge in [-0.05, 0) is 43.2 Å². The van der Waals surface area contributed by atoms with Crippen LogP contribution < -0.4 is 0 Å². The van der Waals surface area contributed by atoms with Gasteiger partial charge in [-0.3, -0.25) is 4.90 Å². The van der Waals surface area contributed by atoms with Crippen LogP contribution in [0.5, 0.6) is 0 Å². The molecule has 0 N–H and O–H groups in total. The van der Waals surface area contributed by atoms with Crippen LogP contribution in [-0.4, -0.2) is 43.3 Å². The first-order valence-corrected chi connectivity index (χ1v) is 11.3. The molecule has 138 valence electrons. The Kier molecular flexibility index (Phi) is 4.45. The third kappa shape index (κ3) is 2.75. The largest absolute Gasteiger partial charge is 0.298 e. The van der Waals surface area contributed by atoms with Crippen LogP contribution in [0.4, 0.5) is 0 Å². The number of benzene rings is 1. The van der Waals surface area contributed by atoms with Crippen molar-refractivity contribution >= 4 is 10.0 Å². The van der Waals surface area contributed by atoms with Gasteiger partial charge in [-0.1, -0.05) is 44.9 Å². The molecule has 0 radical (unpaired) electrons. The SMILES string of the molecule is CC(C)CCN1C2(CCN(C3CCCC3)C2)c2ccccc2S1(=O)=O.